The molecule has 0 aromatic carbocycles. The second-order valence-electron chi connectivity index (χ2n) is 1.87. The van der Waals surface area contributed by atoms with Crippen LogP contribution in [0.1, 0.15) is 5.69 Å². The highest BCUT2D eigenvalue weighted by Crippen LogP contribution is 2.15. The monoisotopic (exact) mass is 250 g/mol. The summed E-state index contributed by atoms with van der Waals surface area (Å²) in [4.78, 5) is 7.73. The van der Waals surface area contributed by atoms with Crippen LogP contribution in [0.25, 0.3) is 0 Å². The largest absolute Gasteiger partial charge is 0.395 e. The summed E-state index contributed by atoms with van der Waals surface area (Å²) < 4.78 is 0.711. The van der Waals surface area contributed by atoms with E-state index in [9.17, 15) is 0 Å². The second kappa shape index (κ2) is 2.57. The van der Waals surface area contributed by atoms with Crippen molar-refractivity contribution in [3.63, 3.8) is 0 Å². The third kappa shape index (κ3) is 1.28. The zero-order chi connectivity index (χ0) is 7.72. The molecule has 4 nitrogen and oxygen atoms in total. The van der Waals surface area contributed by atoms with Gasteiger partial charge >= 0.3 is 0 Å². The summed E-state index contributed by atoms with van der Waals surface area (Å²) >= 11 is 2.02. The Labute approximate surface area is 72.2 Å². The predicted molar refractivity (Wildman–Crippen MR) is 48.3 cm³/mol. The van der Waals surface area contributed by atoms with Crippen LogP contribution < -0.4 is 11.5 Å². The smallest absolute Gasteiger partial charge is 0.221 e. The normalized spacial score (nSPS) is 9.80. The van der Waals surface area contributed by atoms with E-state index >= 15 is 0 Å². The zero-order valence-electron chi connectivity index (χ0n) is 5.43. The number of aromatic nitrogens is 2. The molecular weight excluding hydrogens is 243 g/mol. The number of hydrogen-bond acceptors (Lipinski definition) is 4. The number of anilines is 2. The van der Waals surface area contributed by atoms with E-state index < -0.39 is 0 Å². The van der Waals surface area contributed by atoms with Crippen LogP contribution in [-0.4, -0.2) is 9.97 Å². The van der Waals surface area contributed by atoms with Crippen molar-refractivity contribution >= 4 is 34.2 Å². The molecule has 5 heteroatoms. The molecule has 0 fully saturated rings. The van der Waals surface area contributed by atoms with Crippen LogP contribution in [0.3, 0.4) is 0 Å². The number of hydrogen-bond donors (Lipinski definition) is 2. The van der Waals surface area contributed by atoms with Gasteiger partial charge in [-0.15, -0.1) is 0 Å². The van der Waals surface area contributed by atoms with E-state index in [0.717, 1.165) is 5.69 Å². The van der Waals surface area contributed by atoms with Crippen LogP contribution in [0.5, 0.6) is 0 Å². The second-order valence-corrected chi connectivity index (χ2v) is 2.89. The molecule has 10 heavy (non-hydrogen) atoms. The Hall–Kier alpha value is -0.590. The molecule has 0 atom stereocenters. The van der Waals surface area contributed by atoms with Crippen LogP contribution in [0.2, 0.25) is 0 Å². The van der Waals surface area contributed by atoms with E-state index in [1.807, 2.05) is 22.6 Å². The number of rotatable bonds is 0. The summed E-state index contributed by atoms with van der Waals surface area (Å²) in [7, 11) is 0. The molecule has 4 N–H and O–H groups in total. The Kier molecular flexibility index (Phi) is 1.93. The molecule has 54 valence electrons. The fraction of sp³-hybridized carbons (Fsp3) is 0.200. The molecule has 1 rings (SSSR count). The molecule has 0 unspecified atom stereocenters. The van der Waals surface area contributed by atoms with Crippen molar-refractivity contribution in [2.24, 2.45) is 0 Å². The number of nitrogen functional groups attached to an aromatic ring is 2. The molecule has 0 amide bonds. The summed E-state index contributed by atoms with van der Waals surface area (Å²) in [5, 5.41) is 0. The summed E-state index contributed by atoms with van der Waals surface area (Å²) in [5.74, 6) is 0.274. The molecule has 1 heterocycles. The summed E-state index contributed by atoms with van der Waals surface area (Å²) in [6.07, 6.45) is 0. The Bertz CT molecular complexity index is 237. The maximum absolute atomic E-state index is 5.56. The minimum Gasteiger partial charge on any atom is -0.395 e. The van der Waals surface area contributed by atoms with Crippen LogP contribution in [0.15, 0.2) is 0 Å². The highest BCUT2D eigenvalue weighted by molar-refractivity contribution is 14.1. The Morgan fingerprint density at radius 2 is 1.90 bits per heavy atom. The fourth-order valence-electron chi connectivity index (χ4n) is 0.567. The molecule has 0 aliphatic heterocycles. The van der Waals surface area contributed by atoms with Crippen molar-refractivity contribution in [2.45, 2.75) is 6.92 Å². The molecule has 0 spiro atoms. The summed E-state index contributed by atoms with van der Waals surface area (Å²) in [6, 6.07) is 0. The average Bonchev–Trinajstić information content (AvgIpc) is 1.82. The van der Waals surface area contributed by atoms with Gasteiger partial charge in [-0.05, 0) is 29.5 Å². The Balaban J connectivity index is 3.31. The van der Waals surface area contributed by atoms with Gasteiger partial charge in [-0.3, -0.25) is 0 Å². The third-order valence-electron chi connectivity index (χ3n) is 1.11. The van der Waals surface area contributed by atoms with Gasteiger partial charge in [0.2, 0.25) is 5.95 Å². The Morgan fingerprint density at radius 1 is 1.30 bits per heavy atom. The molecule has 0 saturated carbocycles. The molecule has 0 aliphatic carbocycles. The van der Waals surface area contributed by atoms with Gasteiger partial charge in [0.05, 0.1) is 11.4 Å². The van der Waals surface area contributed by atoms with Crippen molar-refractivity contribution in [1.29, 1.82) is 0 Å². The number of nitrogens with zero attached hydrogens (tertiary/aromatic N) is 2. The Morgan fingerprint density at radius 3 is 2.40 bits per heavy atom. The van der Waals surface area contributed by atoms with E-state index in [2.05, 4.69) is 9.97 Å². The topological polar surface area (TPSA) is 77.8 Å². The van der Waals surface area contributed by atoms with E-state index in [1.165, 1.54) is 0 Å². The van der Waals surface area contributed by atoms with E-state index in [1.54, 1.807) is 6.92 Å². The number of aryl methyl sites for hydroxylation is 1. The van der Waals surface area contributed by atoms with Gasteiger partial charge in [-0.1, -0.05) is 0 Å². The first-order valence-electron chi connectivity index (χ1n) is 2.66. The number of nitrogens with two attached hydrogens (primary N) is 2. The first-order chi connectivity index (χ1) is 4.61. The molecule has 0 aliphatic rings. The van der Waals surface area contributed by atoms with Gasteiger partial charge in [0.15, 0.2) is 0 Å². The molecule has 0 radical (unpaired) electrons. The van der Waals surface area contributed by atoms with Gasteiger partial charge in [0.1, 0.15) is 3.70 Å². The maximum atomic E-state index is 5.56. The SMILES string of the molecule is Cc1nc(N)nc(I)c1N. The molecule has 0 bridgehead atoms. The molecule has 1 aromatic rings. The molecule has 0 saturated heterocycles. The minimum atomic E-state index is 0.274. The highest BCUT2D eigenvalue weighted by atomic mass is 127. The van der Waals surface area contributed by atoms with Crippen LogP contribution >= 0.6 is 22.6 Å². The van der Waals surface area contributed by atoms with Gasteiger partial charge in [-0.25, -0.2) is 9.97 Å². The van der Waals surface area contributed by atoms with Crippen molar-refractivity contribution < 1.29 is 0 Å². The van der Waals surface area contributed by atoms with Crippen molar-refractivity contribution in [2.75, 3.05) is 11.5 Å². The van der Waals surface area contributed by atoms with Gasteiger partial charge in [-0.2, -0.15) is 0 Å². The lowest BCUT2D eigenvalue weighted by atomic mass is 10.4. The van der Waals surface area contributed by atoms with Crippen LogP contribution in [-0.2, 0) is 0 Å². The molecular formula is C5H7IN4. The standard InChI is InChI=1S/C5H7IN4/c1-2-3(7)4(6)10-5(8)9-2/h7H2,1H3,(H2,8,9,10). The van der Waals surface area contributed by atoms with Crippen molar-refractivity contribution in [3.8, 4) is 0 Å². The van der Waals surface area contributed by atoms with Crippen molar-refractivity contribution in [3.05, 3.63) is 9.39 Å². The van der Waals surface area contributed by atoms with Crippen molar-refractivity contribution in [1.82, 2.24) is 9.97 Å². The first kappa shape index (κ1) is 7.52. The summed E-state index contributed by atoms with van der Waals surface area (Å²) in [6.45, 7) is 1.80. The van der Waals surface area contributed by atoms with Crippen LogP contribution in [0.4, 0.5) is 11.6 Å². The van der Waals surface area contributed by atoms with E-state index in [4.69, 9.17) is 11.5 Å². The van der Waals surface area contributed by atoms with Crippen LogP contribution in [0, 0.1) is 10.6 Å². The fourth-order valence-corrected chi connectivity index (χ4v) is 1.20. The third-order valence-corrected chi connectivity index (χ3v) is 1.93. The van der Waals surface area contributed by atoms with Gasteiger partial charge in [0, 0.05) is 0 Å². The molecule has 1 aromatic heterocycles. The average molecular weight is 250 g/mol. The lowest BCUT2D eigenvalue weighted by molar-refractivity contribution is 1.10. The maximum Gasteiger partial charge on any atom is 0.221 e. The van der Waals surface area contributed by atoms with E-state index in [-0.39, 0.29) is 5.95 Å². The quantitative estimate of drug-likeness (QED) is 0.520. The predicted octanol–water partition coefficient (Wildman–Crippen LogP) is 0.554. The van der Waals surface area contributed by atoms with Gasteiger partial charge in [0.25, 0.3) is 0 Å². The van der Waals surface area contributed by atoms with Gasteiger partial charge < -0.3 is 11.5 Å². The summed E-state index contributed by atoms with van der Waals surface area (Å²) in [5.41, 5.74) is 12.2. The number of halogens is 1. The lowest BCUT2D eigenvalue weighted by Crippen LogP contribution is -2.03. The van der Waals surface area contributed by atoms with E-state index in [0.29, 0.717) is 9.39 Å². The first-order valence-corrected chi connectivity index (χ1v) is 3.74. The minimum absolute atomic E-state index is 0.274. The lowest BCUT2D eigenvalue weighted by Gasteiger charge is -2.00. The zero-order valence-corrected chi connectivity index (χ0v) is 7.58. The highest BCUT2D eigenvalue weighted by Gasteiger charge is 2.02.